The first kappa shape index (κ1) is 15.3. The van der Waals surface area contributed by atoms with Crippen LogP contribution in [0.1, 0.15) is 36.4 Å². The van der Waals surface area contributed by atoms with E-state index in [0.29, 0.717) is 0 Å². The van der Waals surface area contributed by atoms with Crippen LogP contribution in [0, 0.1) is 18.8 Å². The highest BCUT2D eigenvalue weighted by Crippen LogP contribution is 2.38. The minimum absolute atomic E-state index is 0. The average molecular weight is 295 g/mol. The van der Waals surface area contributed by atoms with Crippen LogP contribution in [0.25, 0.3) is 0 Å². The molecule has 1 heterocycles. The molecule has 1 aromatic rings. The van der Waals surface area contributed by atoms with Crippen molar-refractivity contribution in [2.75, 3.05) is 13.1 Å². The van der Waals surface area contributed by atoms with Gasteiger partial charge in [-0.1, -0.05) is 36.2 Å². The number of hydrogen-bond donors (Lipinski definition) is 1. The number of carbonyl (C=O) groups is 1. The Labute approximate surface area is 126 Å². The van der Waals surface area contributed by atoms with Crippen molar-refractivity contribution in [3.8, 4) is 0 Å². The number of aryl methyl sites for hydroxylation is 1. The Morgan fingerprint density at radius 3 is 2.30 bits per heavy atom. The van der Waals surface area contributed by atoms with E-state index >= 15 is 0 Å². The second-order valence-electron chi connectivity index (χ2n) is 6.08. The molecule has 3 atom stereocenters. The van der Waals surface area contributed by atoms with Crippen LogP contribution in [-0.4, -0.2) is 23.9 Å². The van der Waals surface area contributed by atoms with Gasteiger partial charge in [0.25, 0.3) is 0 Å². The van der Waals surface area contributed by atoms with Crippen molar-refractivity contribution in [1.82, 2.24) is 4.90 Å². The Morgan fingerprint density at radius 2 is 1.75 bits per heavy atom. The zero-order valence-electron chi connectivity index (χ0n) is 11.9. The maximum absolute atomic E-state index is 12.5. The molecule has 3 rings (SSSR count). The van der Waals surface area contributed by atoms with Crippen LogP contribution in [0.15, 0.2) is 24.3 Å². The maximum atomic E-state index is 12.5. The Balaban J connectivity index is 0.00000147. The van der Waals surface area contributed by atoms with Crippen LogP contribution in [0.4, 0.5) is 0 Å². The molecule has 3 nitrogen and oxygen atoms in total. The van der Waals surface area contributed by atoms with Crippen LogP contribution >= 0.6 is 12.4 Å². The molecular formula is C16H23ClN2O. The molecule has 1 aromatic carbocycles. The van der Waals surface area contributed by atoms with E-state index in [1.54, 1.807) is 0 Å². The summed E-state index contributed by atoms with van der Waals surface area (Å²) in [5, 5.41) is 0. The minimum atomic E-state index is -0.501. The largest absolute Gasteiger partial charge is 0.340 e. The van der Waals surface area contributed by atoms with Crippen LogP contribution < -0.4 is 5.73 Å². The van der Waals surface area contributed by atoms with Gasteiger partial charge in [0, 0.05) is 13.1 Å². The van der Waals surface area contributed by atoms with Gasteiger partial charge >= 0.3 is 0 Å². The summed E-state index contributed by atoms with van der Waals surface area (Å²) in [7, 11) is 0. The molecule has 2 fully saturated rings. The first-order chi connectivity index (χ1) is 9.15. The number of rotatable bonds is 2. The van der Waals surface area contributed by atoms with Gasteiger partial charge in [-0.05, 0) is 37.2 Å². The van der Waals surface area contributed by atoms with Gasteiger partial charge in [0.2, 0.25) is 5.91 Å². The Kier molecular flexibility index (Phi) is 4.71. The van der Waals surface area contributed by atoms with Crippen LogP contribution in [0.2, 0.25) is 0 Å². The second kappa shape index (κ2) is 6.15. The number of carbonyl (C=O) groups excluding carboxylic acids is 1. The summed E-state index contributed by atoms with van der Waals surface area (Å²) in [4.78, 5) is 14.4. The number of likely N-dealkylation sites (tertiary alicyclic amines) is 1. The molecule has 1 amide bonds. The smallest absolute Gasteiger partial charge is 0.244 e. The Morgan fingerprint density at radius 1 is 1.20 bits per heavy atom. The summed E-state index contributed by atoms with van der Waals surface area (Å²) in [5.74, 6) is 1.56. The van der Waals surface area contributed by atoms with Crippen LogP contribution in [0.3, 0.4) is 0 Å². The first-order valence-corrected chi connectivity index (χ1v) is 7.26. The molecule has 1 saturated carbocycles. The van der Waals surface area contributed by atoms with E-state index in [0.717, 1.165) is 30.5 Å². The molecule has 0 spiro atoms. The second-order valence-corrected chi connectivity index (χ2v) is 6.08. The van der Waals surface area contributed by atoms with Gasteiger partial charge in [-0.15, -0.1) is 12.4 Å². The summed E-state index contributed by atoms with van der Waals surface area (Å²) in [6.07, 6.45) is 3.91. The number of nitrogens with zero attached hydrogens (tertiary/aromatic N) is 1. The standard InChI is InChI=1S/C16H22N2O.ClH/c1-11-5-7-12(8-6-11)15(17)16(19)18-9-13-3-2-4-14(13)10-18;/h5-8,13-15H,2-4,9-10,17H2,1H3;1H. The molecule has 3 unspecified atom stereocenters. The van der Waals surface area contributed by atoms with Crippen molar-refractivity contribution in [2.45, 2.75) is 32.2 Å². The summed E-state index contributed by atoms with van der Waals surface area (Å²) in [6.45, 7) is 3.88. The van der Waals surface area contributed by atoms with E-state index < -0.39 is 6.04 Å². The van der Waals surface area contributed by atoms with Crippen molar-refractivity contribution in [2.24, 2.45) is 17.6 Å². The van der Waals surface area contributed by atoms with Gasteiger partial charge in [0.1, 0.15) is 6.04 Å². The summed E-state index contributed by atoms with van der Waals surface area (Å²) in [5.41, 5.74) is 8.24. The summed E-state index contributed by atoms with van der Waals surface area (Å²) < 4.78 is 0. The number of nitrogens with two attached hydrogens (primary N) is 1. The van der Waals surface area contributed by atoms with E-state index in [4.69, 9.17) is 5.73 Å². The van der Waals surface area contributed by atoms with E-state index in [1.165, 1.54) is 24.8 Å². The number of benzene rings is 1. The van der Waals surface area contributed by atoms with Crippen molar-refractivity contribution < 1.29 is 4.79 Å². The molecule has 2 N–H and O–H groups in total. The number of fused-ring (bicyclic) bond motifs is 1. The molecule has 20 heavy (non-hydrogen) atoms. The number of amides is 1. The van der Waals surface area contributed by atoms with Crippen LogP contribution in [0.5, 0.6) is 0 Å². The van der Waals surface area contributed by atoms with Gasteiger partial charge < -0.3 is 10.6 Å². The third-order valence-corrected chi connectivity index (χ3v) is 4.74. The van der Waals surface area contributed by atoms with E-state index in [2.05, 4.69) is 0 Å². The highest BCUT2D eigenvalue weighted by molar-refractivity contribution is 5.85. The summed E-state index contributed by atoms with van der Waals surface area (Å²) in [6, 6.07) is 7.46. The first-order valence-electron chi connectivity index (χ1n) is 7.26. The highest BCUT2D eigenvalue weighted by Gasteiger charge is 2.39. The lowest BCUT2D eigenvalue weighted by atomic mass is 10.0. The fraction of sp³-hybridized carbons (Fsp3) is 0.562. The third kappa shape index (κ3) is 2.84. The molecule has 0 bridgehead atoms. The van der Waals surface area contributed by atoms with E-state index in [-0.39, 0.29) is 18.3 Å². The predicted molar refractivity (Wildman–Crippen MR) is 82.8 cm³/mol. The van der Waals surface area contributed by atoms with Crippen molar-refractivity contribution in [3.63, 3.8) is 0 Å². The van der Waals surface area contributed by atoms with Crippen molar-refractivity contribution in [1.29, 1.82) is 0 Å². The van der Waals surface area contributed by atoms with Crippen molar-refractivity contribution in [3.05, 3.63) is 35.4 Å². The SMILES string of the molecule is Cc1ccc(C(N)C(=O)N2CC3CCCC3C2)cc1.Cl. The topological polar surface area (TPSA) is 46.3 Å². The Hall–Kier alpha value is -1.06. The Bertz CT molecular complexity index is 462. The average Bonchev–Trinajstić information content (AvgIpc) is 2.98. The van der Waals surface area contributed by atoms with E-state index in [9.17, 15) is 4.79 Å². The highest BCUT2D eigenvalue weighted by atomic mass is 35.5. The normalized spacial score (nSPS) is 26.0. The number of halogens is 1. The molecular weight excluding hydrogens is 272 g/mol. The van der Waals surface area contributed by atoms with Gasteiger partial charge in [-0.25, -0.2) is 0 Å². The zero-order chi connectivity index (χ0) is 13.4. The lowest BCUT2D eigenvalue weighted by Crippen LogP contribution is -2.37. The fourth-order valence-corrected chi connectivity index (χ4v) is 3.53. The molecule has 1 aliphatic carbocycles. The quantitative estimate of drug-likeness (QED) is 0.911. The zero-order valence-corrected chi connectivity index (χ0v) is 12.7. The lowest BCUT2D eigenvalue weighted by Gasteiger charge is -2.22. The summed E-state index contributed by atoms with van der Waals surface area (Å²) >= 11 is 0. The van der Waals surface area contributed by atoms with Crippen molar-refractivity contribution >= 4 is 18.3 Å². The molecule has 1 aliphatic heterocycles. The van der Waals surface area contributed by atoms with Gasteiger partial charge in [0.05, 0.1) is 0 Å². The fourth-order valence-electron chi connectivity index (χ4n) is 3.53. The van der Waals surface area contributed by atoms with Gasteiger partial charge in [-0.3, -0.25) is 4.79 Å². The predicted octanol–water partition coefficient (Wildman–Crippen LogP) is 2.68. The molecule has 110 valence electrons. The van der Waals surface area contributed by atoms with Gasteiger partial charge in [0.15, 0.2) is 0 Å². The third-order valence-electron chi connectivity index (χ3n) is 4.74. The molecule has 2 aliphatic rings. The monoisotopic (exact) mass is 294 g/mol. The molecule has 4 heteroatoms. The molecule has 0 radical (unpaired) electrons. The van der Waals surface area contributed by atoms with Gasteiger partial charge in [-0.2, -0.15) is 0 Å². The number of hydrogen-bond acceptors (Lipinski definition) is 2. The lowest BCUT2D eigenvalue weighted by molar-refractivity contribution is -0.132. The molecule has 1 saturated heterocycles. The molecule has 0 aromatic heterocycles. The minimum Gasteiger partial charge on any atom is -0.340 e. The van der Waals surface area contributed by atoms with E-state index in [1.807, 2.05) is 36.1 Å². The van der Waals surface area contributed by atoms with Crippen LogP contribution in [-0.2, 0) is 4.79 Å². The maximum Gasteiger partial charge on any atom is 0.244 e.